The first-order valence-corrected chi connectivity index (χ1v) is 12.5. The zero-order valence-electron chi connectivity index (χ0n) is 21.8. The molecule has 3 N–H and O–H groups in total. The summed E-state index contributed by atoms with van der Waals surface area (Å²) in [4.78, 5) is 6.73. The van der Waals surface area contributed by atoms with Gasteiger partial charge in [0.1, 0.15) is 0 Å². The smallest absolute Gasteiger partial charge is 0.0797 e. The Morgan fingerprint density at radius 2 is 1.39 bits per heavy atom. The molecule has 186 valence electrons. The molecule has 3 saturated heterocycles. The largest absolute Gasteiger partial charge is 0.391 e. The summed E-state index contributed by atoms with van der Waals surface area (Å²) >= 11 is 0. The SMILES string of the molecule is CC(C)C(O)C1CCCN1C.CC(C)C1(O)CCCN(C)C1.CN1CCC(C)(O)CC1. The zero-order chi connectivity index (χ0) is 23.8. The Morgan fingerprint density at radius 3 is 1.74 bits per heavy atom. The number of aliphatic hydroxyl groups excluding tert-OH is 1. The molecular weight excluding hydrogens is 390 g/mol. The third-order valence-electron chi connectivity index (χ3n) is 7.49. The molecule has 0 aliphatic carbocycles. The maximum atomic E-state index is 10.1. The normalized spacial score (nSPS) is 31.1. The second-order valence-corrected chi connectivity index (χ2v) is 11.3. The van der Waals surface area contributed by atoms with E-state index in [0.29, 0.717) is 17.9 Å². The predicted molar refractivity (Wildman–Crippen MR) is 130 cm³/mol. The molecule has 3 aliphatic rings. The summed E-state index contributed by atoms with van der Waals surface area (Å²) in [5.41, 5.74) is -0.806. The molecule has 0 aromatic heterocycles. The van der Waals surface area contributed by atoms with Crippen molar-refractivity contribution in [3.8, 4) is 0 Å². The molecule has 31 heavy (non-hydrogen) atoms. The van der Waals surface area contributed by atoms with E-state index in [1.165, 1.54) is 6.42 Å². The molecule has 3 rings (SSSR count). The van der Waals surface area contributed by atoms with Crippen LogP contribution in [-0.4, -0.2) is 107 Å². The van der Waals surface area contributed by atoms with Crippen molar-refractivity contribution in [1.82, 2.24) is 14.7 Å². The van der Waals surface area contributed by atoms with Crippen LogP contribution >= 0.6 is 0 Å². The molecule has 0 aromatic rings. The monoisotopic (exact) mass is 443 g/mol. The van der Waals surface area contributed by atoms with Crippen LogP contribution in [0.1, 0.15) is 73.1 Å². The van der Waals surface area contributed by atoms with Gasteiger partial charge in [-0.2, -0.15) is 0 Å². The molecule has 0 bridgehead atoms. The number of nitrogens with zero attached hydrogens (tertiary/aromatic N) is 3. The fraction of sp³-hybridized carbons (Fsp3) is 1.00. The van der Waals surface area contributed by atoms with E-state index in [4.69, 9.17) is 0 Å². The fourth-order valence-corrected chi connectivity index (χ4v) is 4.66. The van der Waals surface area contributed by atoms with E-state index >= 15 is 0 Å². The number of aliphatic hydroxyl groups is 3. The molecule has 3 fully saturated rings. The standard InChI is InChI=1S/2C9H19NO.C7H15NO/c1-8(2)9(11)5-4-6-10(3)7-9;1-7(2)9(11)8-5-4-6-10(8)3;1-7(9)3-5-8(2)6-4-7/h8,11H,4-7H2,1-3H3;7-9,11H,4-6H2,1-3H3;9H,3-6H2,1-2H3. The first-order valence-electron chi connectivity index (χ1n) is 12.5. The summed E-state index contributed by atoms with van der Waals surface area (Å²) in [7, 11) is 6.27. The van der Waals surface area contributed by atoms with Crippen LogP contribution in [0.2, 0.25) is 0 Å². The summed E-state index contributed by atoms with van der Waals surface area (Å²) in [5, 5.41) is 29.3. The average Bonchev–Trinajstić information content (AvgIpc) is 3.10. The van der Waals surface area contributed by atoms with Gasteiger partial charge in [-0.25, -0.2) is 0 Å². The Kier molecular flexibility index (Phi) is 11.9. The van der Waals surface area contributed by atoms with Gasteiger partial charge in [0.15, 0.2) is 0 Å². The lowest BCUT2D eigenvalue weighted by atomic mass is 9.83. The van der Waals surface area contributed by atoms with Crippen LogP contribution in [0.5, 0.6) is 0 Å². The van der Waals surface area contributed by atoms with Gasteiger partial charge in [-0.3, -0.25) is 0 Å². The van der Waals surface area contributed by atoms with Crippen molar-refractivity contribution in [3.63, 3.8) is 0 Å². The van der Waals surface area contributed by atoms with Gasteiger partial charge < -0.3 is 30.0 Å². The number of hydrogen-bond acceptors (Lipinski definition) is 6. The highest BCUT2D eigenvalue weighted by atomic mass is 16.3. The zero-order valence-corrected chi connectivity index (χ0v) is 21.8. The number of rotatable bonds is 3. The van der Waals surface area contributed by atoms with E-state index in [0.717, 1.165) is 64.8 Å². The maximum Gasteiger partial charge on any atom is 0.0797 e. The summed E-state index contributed by atoms with van der Waals surface area (Å²) in [6.45, 7) is 15.5. The Balaban J connectivity index is 0.000000234. The van der Waals surface area contributed by atoms with Gasteiger partial charge in [-0.05, 0) is 91.5 Å². The van der Waals surface area contributed by atoms with E-state index in [-0.39, 0.29) is 11.7 Å². The molecule has 0 saturated carbocycles. The Morgan fingerprint density at radius 1 is 0.806 bits per heavy atom. The average molecular weight is 444 g/mol. The number of β-amino-alcohol motifs (C(OH)–C–C–N with tert-alkyl or cyclic N) is 1. The Hall–Kier alpha value is -0.240. The highest BCUT2D eigenvalue weighted by molar-refractivity contribution is 4.88. The molecule has 3 unspecified atom stereocenters. The van der Waals surface area contributed by atoms with Crippen molar-refractivity contribution in [1.29, 1.82) is 0 Å². The highest BCUT2D eigenvalue weighted by Gasteiger charge is 2.34. The van der Waals surface area contributed by atoms with Gasteiger partial charge in [0.05, 0.1) is 17.3 Å². The number of piperidine rings is 2. The number of hydrogen-bond donors (Lipinski definition) is 3. The van der Waals surface area contributed by atoms with Crippen molar-refractivity contribution in [2.45, 2.75) is 96.5 Å². The van der Waals surface area contributed by atoms with E-state index in [1.807, 2.05) is 6.92 Å². The quantitative estimate of drug-likeness (QED) is 0.623. The van der Waals surface area contributed by atoms with Gasteiger partial charge in [-0.15, -0.1) is 0 Å². The van der Waals surface area contributed by atoms with E-state index in [2.05, 4.69) is 63.5 Å². The highest BCUT2D eigenvalue weighted by Crippen LogP contribution is 2.27. The molecule has 3 atom stereocenters. The van der Waals surface area contributed by atoms with Crippen molar-refractivity contribution in [2.75, 3.05) is 53.9 Å². The molecule has 6 nitrogen and oxygen atoms in total. The van der Waals surface area contributed by atoms with Crippen LogP contribution in [0.3, 0.4) is 0 Å². The molecule has 0 amide bonds. The summed E-state index contributed by atoms with van der Waals surface area (Å²) in [5.74, 6) is 0.769. The summed E-state index contributed by atoms with van der Waals surface area (Å²) in [6, 6.07) is 0.412. The third kappa shape index (κ3) is 10.1. The molecule has 0 radical (unpaired) electrons. The number of likely N-dealkylation sites (tertiary alicyclic amines) is 3. The molecule has 0 aromatic carbocycles. The van der Waals surface area contributed by atoms with Crippen LogP contribution in [0.15, 0.2) is 0 Å². The lowest BCUT2D eigenvalue weighted by molar-refractivity contribution is -0.0583. The summed E-state index contributed by atoms with van der Waals surface area (Å²) < 4.78 is 0. The second kappa shape index (κ2) is 12.9. The van der Waals surface area contributed by atoms with Crippen LogP contribution in [-0.2, 0) is 0 Å². The van der Waals surface area contributed by atoms with Gasteiger partial charge >= 0.3 is 0 Å². The first-order chi connectivity index (χ1) is 14.3. The fourth-order valence-electron chi connectivity index (χ4n) is 4.66. The van der Waals surface area contributed by atoms with Crippen molar-refractivity contribution in [3.05, 3.63) is 0 Å². The van der Waals surface area contributed by atoms with Gasteiger partial charge in [0.2, 0.25) is 0 Å². The van der Waals surface area contributed by atoms with Crippen molar-refractivity contribution >= 4 is 0 Å². The van der Waals surface area contributed by atoms with Crippen LogP contribution < -0.4 is 0 Å². The molecular formula is C25H53N3O3. The topological polar surface area (TPSA) is 70.4 Å². The second-order valence-electron chi connectivity index (χ2n) is 11.3. The molecule has 3 aliphatic heterocycles. The van der Waals surface area contributed by atoms with Gasteiger partial charge in [0.25, 0.3) is 0 Å². The third-order valence-corrected chi connectivity index (χ3v) is 7.49. The molecule has 6 heteroatoms. The van der Waals surface area contributed by atoms with Crippen molar-refractivity contribution in [2.24, 2.45) is 11.8 Å². The molecule has 3 heterocycles. The van der Waals surface area contributed by atoms with Gasteiger partial charge in [-0.1, -0.05) is 27.7 Å². The minimum Gasteiger partial charge on any atom is -0.391 e. The lowest BCUT2D eigenvalue weighted by Gasteiger charge is -2.40. The lowest BCUT2D eigenvalue weighted by Crippen LogP contribution is -2.49. The first kappa shape index (κ1) is 28.8. The number of likely N-dealkylation sites (N-methyl/N-ethyl adjacent to an activating group) is 2. The van der Waals surface area contributed by atoms with Crippen LogP contribution in [0.4, 0.5) is 0 Å². The maximum absolute atomic E-state index is 10.1. The summed E-state index contributed by atoms with van der Waals surface area (Å²) in [6.07, 6.45) is 6.20. The van der Waals surface area contributed by atoms with Crippen molar-refractivity contribution < 1.29 is 15.3 Å². The molecule has 0 spiro atoms. The van der Waals surface area contributed by atoms with Crippen LogP contribution in [0, 0.1) is 11.8 Å². The Bertz CT molecular complexity index is 490. The van der Waals surface area contributed by atoms with E-state index < -0.39 is 5.60 Å². The van der Waals surface area contributed by atoms with E-state index in [1.54, 1.807) is 0 Å². The minimum atomic E-state index is -0.424. The Labute approximate surface area is 192 Å². The predicted octanol–water partition coefficient (Wildman–Crippen LogP) is 2.66. The van der Waals surface area contributed by atoms with E-state index in [9.17, 15) is 15.3 Å². The van der Waals surface area contributed by atoms with Crippen LogP contribution in [0.25, 0.3) is 0 Å². The minimum absolute atomic E-state index is 0.137. The van der Waals surface area contributed by atoms with Gasteiger partial charge in [0, 0.05) is 25.7 Å².